The number of nitrogens with one attached hydrogen (secondary N) is 1. The minimum atomic E-state index is -3.44. The average molecular weight is 424 g/mol. The van der Waals surface area contributed by atoms with Crippen LogP contribution < -0.4 is 0 Å². The molecule has 8 heteroatoms. The van der Waals surface area contributed by atoms with E-state index in [1.807, 2.05) is 32.3 Å². The van der Waals surface area contributed by atoms with Crippen LogP contribution in [0.3, 0.4) is 0 Å². The van der Waals surface area contributed by atoms with Crippen LogP contribution in [0.5, 0.6) is 0 Å². The molecule has 2 aromatic heterocycles. The lowest BCUT2D eigenvalue weighted by atomic mass is 10.1. The molecule has 7 nitrogen and oxygen atoms in total. The van der Waals surface area contributed by atoms with Gasteiger partial charge >= 0.3 is 0 Å². The fourth-order valence-electron chi connectivity index (χ4n) is 3.60. The number of likely N-dealkylation sites (N-methyl/N-ethyl adjacent to an activating group) is 1. The van der Waals surface area contributed by atoms with E-state index < -0.39 is 9.84 Å². The Morgan fingerprint density at radius 2 is 1.90 bits per heavy atom. The summed E-state index contributed by atoms with van der Waals surface area (Å²) in [6.45, 7) is 1.45. The number of H-pyrrole nitrogens is 1. The Kier molecular flexibility index (Phi) is 5.69. The van der Waals surface area contributed by atoms with Gasteiger partial charge in [0.1, 0.15) is 12.7 Å². The van der Waals surface area contributed by atoms with Crippen molar-refractivity contribution in [3.8, 4) is 0 Å². The topological polar surface area (TPSA) is 83.9 Å². The third kappa shape index (κ3) is 4.44. The number of rotatable bonds is 8. The van der Waals surface area contributed by atoms with Gasteiger partial charge in [0, 0.05) is 23.1 Å². The molecule has 0 saturated heterocycles. The van der Waals surface area contributed by atoms with Crippen LogP contribution >= 0.6 is 0 Å². The Bertz CT molecular complexity index is 1230. The molecule has 1 N–H and O–H groups in total. The van der Waals surface area contributed by atoms with E-state index >= 15 is 0 Å². The maximum absolute atomic E-state index is 13.0. The van der Waals surface area contributed by atoms with Gasteiger partial charge in [-0.1, -0.05) is 24.3 Å². The summed E-state index contributed by atoms with van der Waals surface area (Å²) in [5, 5.41) is 5.24. The van der Waals surface area contributed by atoms with Crippen molar-refractivity contribution < 1.29 is 8.42 Å². The van der Waals surface area contributed by atoms with Gasteiger partial charge in [-0.3, -0.25) is 0 Å². The van der Waals surface area contributed by atoms with E-state index in [2.05, 4.69) is 26.0 Å². The quantitative estimate of drug-likeness (QED) is 0.471. The van der Waals surface area contributed by atoms with Crippen molar-refractivity contribution in [2.24, 2.45) is 0 Å². The van der Waals surface area contributed by atoms with Gasteiger partial charge in [0.2, 0.25) is 0 Å². The van der Waals surface area contributed by atoms with Crippen LogP contribution in [0.25, 0.3) is 10.9 Å². The lowest BCUT2D eigenvalue weighted by Crippen LogP contribution is -2.16. The molecule has 0 radical (unpaired) electrons. The smallest absolute Gasteiger partial charge is 0.183 e. The van der Waals surface area contributed by atoms with Crippen LogP contribution in [0.1, 0.15) is 16.8 Å². The molecule has 0 bridgehead atoms. The summed E-state index contributed by atoms with van der Waals surface area (Å²) in [5.41, 5.74) is 3.85. The summed E-state index contributed by atoms with van der Waals surface area (Å²) in [6, 6.07) is 14.8. The molecule has 0 aliphatic heterocycles. The molecule has 4 aromatic rings. The van der Waals surface area contributed by atoms with E-state index in [1.54, 1.807) is 35.3 Å². The number of benzene rings is 2. The van der Waals surface area contributed by atoms with Crippen molar-refractivity contribution in [2.75, 3.05) is 20.6 Å². The molecule has 0 unspecified atom stereocenters. The molecule has 0 spiro atoms. The third-order valence-electron chi connectivity index (χ3n) is 5.12. The zero-order valence-electron chi connectivity index (χ0n) is 17.1. The maximum Gasteiger partial charge on any atom is 0.183 e. The van der Waals surface area contributed by atoms with Crippen LogP contribution in [-0.2, 0) is 28.6 Å². The number of aromatic amines is 1. The first-order valence-electron chi connectivity index (χ1n) is 9.80. The highest BCUT2D eigenvalue weighted by atomic mass is 32.2. The summed E-state index contributed by atoms with van der Waals surface area (Å²) < 4.78 is 27.8. The third-order valence-corrected chi connectivity index (χ3v) is 6.77. The highest BCUT2D eigenvalue weighted by Crippen LogP contribution is 2.28. The molecule has 0 aliphatic carbocycles. The minimum Gasteiger partial charge on any atom is -0.357 e. The van der Waals surface area contributed by atoms with Crippen LogP contribution in [-0.4, -0.2) is 53.7 Å². The molecule has 0 aliphatic rings. The number of hydrogen-bond donors (Lipinski definition) is 1. The number of fused-ring (bicyclic) bond motifs is 1. The normalized spacial score (nSPS) is 12.1. The molecular formula is C22H25N5O2S. The van der Waals surface area contributed by atoms with Crippen molar-refractivity contribution in [1.29, 1.82) is 0 Å². The van der Waals surface area contributed by atoms with E-state index in [9.17, 15) is 8.42 Å². The highest BCUT2D eigenvalue weighted by Gasteiger charge is 2.20. The minimum absolute atomic E-state index is 0.0487. The SMILES string of the molecule is CN(C)CCc1c(CS(=O)(=O)c2ccccc2)[nH]c2ccc(Cn3cncn3)cc12. The second-order valence-corrected chi connectivity index (χ2v) is 9.67. The Morgan fingerprint density at radius 1 is 1.10 bits per heavy atom. The summed E-state index contributed by atoms with van der Waals surface area (Å²) >= 11 is 0. The standard InChI is InChI=1S/C22H25N5O2S/c1-26(2)11-10-19-20-12-17(13-27-16-23-15-24-27)8-9-21(20)25-22(19)14-30(28,29)18-6-4-3-5-7-18/h3-9,12,15-16,25H,10-11,13-14H2,1-2H3. The lowest BCUT2D eigenvalue weighted by molar-refractivity contribution is 0.414. The van der Waals surface area contributed by atoms with Crippen molar-refractivity contribution in [3.63, 3.8) is 0 Å². The highest BCUT2D eigenvalue weighted by molar-refractivity contribution is 7.90. The number of nitrogens with zero attached hydrogens (tertiary/aromatic N) is 4. The first-order chi connectivity index (χ1) is 14.4. The molecule has 0 atom stereocenters. The van der Waals surface area contributed by atoms with E-state index in [-0.39, 0.29) is 5.75 Å². The number of aromatic nitrogens is 4. The van der Waals surface area contributed by atoms with Gasteiger partial charge in [0.05, 0.1) is 17.2 Å². The van der Waals surface area contributed by atoms with E-state index in [4.69, 9.17) is 0 Å². The summed E-state index contributed by atoms with van der Waals surface area (Å²) in [4.78, 5) is 9.81. The fourth-order valence-corrected chi connectivity index (χ4v) is 4.96. The Morgan fingerprint density at radius 3 is 2.60 bits per heavy atom. The monoisotopic (exact) mass is 423 g/mol. The molecule has 30 heavy (non-hydrogen) atoms. The van der Waals surface area contributed by atoms with E-state index in [0.717, 1.165) is 40.7 Å². The Balaban J connectivity index is 1.73. The summed E-state index contributed by atoms with van der Waals surface area (Å²) in [5.74, 6) is -0.0487. The second kappa shape index (κ2) is 8.41. The van der Waals surface area contributed by atoms with Gasteiger partial charge in [0.25, 0.3) is 0 Å². The van der Waals surface area contributed by atoms with Gasteiger partial charge in [-0.25, -0.2) is 18.1 Å². The largest absolute Gasteiger partial charge is 0.357 e. The first kappa shape index (κ1) is 20.3. The zero-order chi connectivity index (χ0) is 21.1. The van der Waals surface area contributed by atoms with Crippen LogP contribution in [0.4, 0.5) is 0 Å². The first-order valence-corrected chi connectivity index (χ1v) is 11.4. The molecule has 156 valence electrons. The summed E-state index contributed by atoms with van der Waals surface area (Å²) in [7, 11) is 0.598. The lowest BCUT2D eigenvalue weighted by Gasteiger charge is -2.11. The van der Waals surface area contributed by atoms with Crippen molar-refractivity contribution in [1.82, 2.24) is 24.6 Å². The van der Waals surface area contributed by atoms with E-state index in [0.29, 0.717) is 11.4 Å². The van der Waals surface area contributed by atoms with Crippen molar-refractivity contribution >= 4 is 20.7 Å². The molecule has 2 heterocycles. The predicted molar refractivity (Wildman–Crippen MR) is 117 cm³/mol. The molecule has 0 fully saturated rings. The van der Waals surface area contributed by atoms with E-state index in [1.165, 1.54) is 6.33 Å². The van der Waals surface area contributed by atoms with Gasteiger partial charge in [0.15, 0.2) is 9.84 Å². The fraction of sp³-hybridized carbons (Fsp3) is 0.273. The van der Waals surface area contributed by atoms with Gasteiger partial charge in [-0.15, -0.1) is 0 Å². The number of sulfone groups is 1. The molecular weight excluding hydrogens is 398 g/mol. The van der Waals surface area contributed by atoms with Gasteiger partial charge in [-0.2, -0.15) is 5.10 Å². The Hall–Kier alpha value is -2.97. The molecule has 0 saturated carbocycles. The summed E-state index contributed by atoms with van der Waals surface area (Å²) in [6.07, 6.45) is 3.97. The van der Waals surface area contributed by atoms with Crippen LogP contribution in [0.2, 0.25) is 0 Å². The van der Waals surface area contributed by atoms with Crippen LogP contribution in [0, 0.1) is 0 Å². The van der Waals surface area contributed by atoms with Gasteiger partial charge in [-0.05, 0) is 55.9 Å². The zero-order valence-corrected chi connectivity index (χ0v) is 17.9. The van der Waals surface area contributed by atoms with Crippen molar-refractivity contribution in [3.05, 3.63) is 78.0 Å². The van der Waals surface area contributed by atoms with Gasteiger partial charge < -0.3 is 9.88 Å². The molecule has 0 amide bonds. The number of hydrogen-bond acceptors (Lipinski definition) is 5. The second-order valence-electron chi connectivity index (χ2n) is 7.68. The molecule has 4 rings (SSSR count). The maximum atomic E-state index is 13.0. The predicted octanol–water partition coefficient (Wildman–Crippen LogP) is 2.89. The van der Waals surface area contributed by atoms with Crippen molar-refractivity contribution in [2.45, 2.75) is 23.6 Å². The molecule has 2 aromatic carbocycles. The Labute approximate surface area is 176 Å². The van der Waals surface area contributed by atoms with Crippen LogP contribution in [0.15, 0.2) is 66.1 Å². The average Bonchev–Trinajstić information content (AvgIpc) is 3.34.